The van der Waals surface area contributed by atoms with Gasteiger partial charge in [-0.1, -0.05) is 19.1 Å². The molecule has 1 heterocycles. The molecule has 106 valence electrons. The molecule has 0 aliphatic rings. The predicted molar refractivity (Wildman–Crippen MR) is 79.0 cm³/mol. The normalized spacial score (nSPS) is 11.9. The second-order valence-corrected chi connectivity index (χ2v) is 4.56. The largest absolute Gasteiger partial charge is 0.497 e. The summed E-state index contributed by atoms with van der Waals surface area (Å²) in [6.07, 6.45) is 4.44. The molecular weight excluding hydrogens is 252 g/mol. The van der Waals surface area contributed by atoms with Crippen molar-refractivity contribution in [3.05, 3.63) is 53.9 Å². The van der Waals surface area contributed by atoms with Gasteiger partial charge in [0.05, 0.1) is 26.0 Å². The van der Waals surface area contributed by atoms with Crippen LogP contribution in [0.4, 0.5) is 0 Å². The Morgan fingerprint density at radius 2 is 1.95 bits per heavy atom. The maximum Gasteiger partial charge on any atom is 0.137 e. The van der Waals surface area contributed by atoms with Crippen molar-refractivity contribution >= 4 is 0 Å². The van der Waals surface area contributed by atoms with E-state index < -0.39 is 0 Å². The van der Waals surface area contributed by atoms with Gasteiger partial charge in [-0.05, 0) is 35.7 Å². The molecule has 1 atom stereocenters. The van der Waals surface area contributed by atoms with Crippen molar-refractivity contribution in [2.75, 3.05) is 13.7 Å². The molecule has 4 heteroatoms. The average molecular weight is 272 g/mol. The van der Waals surface area contributed by atoms with Gasteiger partial charge in [0.15, 0.2) is 0 Å². The van der Waals surface area contributed by atoms with E-state index in [1.807, 2.05) is 30.3 Å². The average Bonchev–Trinajstić information content (AvgIpc) is 2.52. The van der Waals surface area contributed by atoms with Crippen molar-refractivity contribution in [1.82, 2.24) is 4.98 Å². The highest BCUT2D eigenvalue weighted by molar-refractivity contribution is 5.37. The molecule has 0 saturated heterocycles. The maximum absolute atomic E-state index is 6.29. The first-order valence-corrected chi connectivity index (χ1v) is 6.72. The van der Waals surface area contributed by atoms with E-state index >= 15 is 0 Å². The van der Waals surface area contributed by atoms with Crippen molar-refractivity contribution in [2.45, 2.75) is 19.4 Å². The van der Waals surface area contributed by atoms with Gasteiger partial charge < -0.3 is 15.2 Å². The first-order chi connectivity index (χ1) is 9.74. The summed E-state index contributed by atoms with van der Waals surface area (Å²) in [4.78, 5) is 4.19. The Morgan fingerprint density at radius 3 is 2.70 bits per heavy atom. The van der Waals surface area contributed by atoms with Gasteiger partial charge in [-0.3, -0.25) is 4.98 Å². The molecule has 2 N–H and O–H groups in total. The van der Waals surface area contributed by atoms with Crippen LogP contribution in [0, 0.1) is 0 Å². The van der Waals surface area contributed by atoms with Crippen LogP contribution in [0.15, 0.2) is 42.7 Å². The molecule has 1 aromatic heterocycles. The zero-order valence-corrected chi connectivity index (χ0v) is 11.9. The van der Waals surface area contributed by atoms with Crippen LogP contribution in [-0.2, 0) is 0 Å². The lowest BCUT2D eigenvalue weighted by Gasteiger charge is -2.14. The van der Waals surface area contributed by atoms with Crippen LogP contribution in [0.5, 0.6) is 11.5 Å². The number of rotatable bonds is 6. The molecule has 1 unspecified atom stereocenters. The third-order valence-electron chi connectivity index (χ3n) is 3.02. The lowest BCUT2D eigenvalue weighted by molar-refractivity contribution is 0.315. The molecule has 2 aromatic rings. The molecule has 0 spiro atoms. The summed E-state index contributed by atoms with van der Waals surface area (Å²) < 4.78 is 10.8. The van der Waals surface area contributed by atoms with Gasteiger partial charge >= 0.3 is 0 Å². The Bertz CT molecular complexity index is 558. The van der Waals surface area contributed by atoms with E-state index in [2.05, 4.69) is 11.9 Å². The zero-order valence-electron chi connectivity index (χ0n) is 11.9. The molecule has 2 rings (SSSR count). The number of methoxy groups -OCH3 is 1. The van der Waals surface area contributed by atoms with Gasteiger partial charge in [0.1, 0.15) is 11.5 Å². The third kappa shape index (κ3) is 3.48. The van der Waals surface area contributed by atoms with E-state index in [1.165, 1.54) is 0 Å². The molecule has 0 fully saturated rings. The molecule has 20 heavy (non-hydrogen) atoms. The fourth-order valence-corrected chi connectivity index (χ4v) is 1.93. The Balaban J connectivity index is 2.21. The minimum atomic E-state index is -0.247. The molecule has 4 nitrogen and oxygen atoms in total. The van der Waals surface area contributed by atoms with Gasteiger partial charge in [-0.25, -0.2) is 0 Å². The van der Waals surface area contributed by atoms with Gasteiger partial charge in [-0.2, -0.15) is 0 Å². The molecule has 0 aliphatic carbocycles. The number of aromatic nitrogens is 1. The predicted octanol–water partition coefficient (Wildman–Crippen LogP) is 2.93. The number of nitrogens with two attached hydrogens (primary N) is 1. The minimum Gasteiger partial charge on any atom is -0.497 e. The van der Waals surface area contributed by atoms with Gasteiger partial charge in [0.2, 0.25) is 0 Å². The fraction of sp³-hybridized carbons (Fsp3) is 0.312. The zero-order chi connectivity index (χ0) is 14.4. The molecule has 1 aromatic carbocycles. The van der Waals surface area contributed by atoms with Crippen molar-refractivity contribution in [3.8, 4) is 11.5 Å². The van der Waals surface area contributed by atoms with Crippen LogP contribution in [0.1, 0.15) is 30.5 Å². The van der Waals surface area contributed by atoms with E-state index in [0.717, 1.165) is 29.0 Å². The van der Waals surface area contributed by atoms with Crippen molar-refractivity contribution in [2.24, 2.45) is 5.73 Å². The van der Waals surface area contributed by atoms with Crippen LogP contribution in [0.3, 0.4) is 0 Å². The monoisotopic (exact) mass is 272 g/mol. The lowest BCUT2D eigenvalue weighted by atomic mass is 10.0. The van der Waals surface area contributed by atoms with Crippen LogP contribution >= 0.6 is 0 Å². The molecule has 0 saturated carbocycles. The van der Waals surface area contributed by atoms with Crippen LogP contribution in [-0.4, -0.2) is 18.7 Å². The second-order valence-electron chi connectivity index (χ2n) is 4.56. The Hall–Kier alpha value is -2.07. The standard InChI is InChI=1S/C16H20N2O2/c1-3-7-20-15-9-13(10-18-11-15)16(17)12-5-4-6-14(8-12)19-2/h4-6,8-11,16H,3,7,17H2,1-2H3. The number of benzene rings is 1. The Kier molecular flexibility index (Phi) is 4.96. The molecule has 0 radical (unpaired) electrons. The van der Waals surface area contributed by atoms with Gasteiger partial charge in [0.25, 0.3) is 0 Å². The van der Waals surface area contributed by atoms with Crippen molar-refractivity contribution in [3.63, 3.8) is 0 Å². The van der Waals surface area contributed by atoms with Crippen LogP contribution in [0.25, 0.3) is 0 Å². The minimum absolute atomic E-state index is 0.247. The van der Waals surface area contributed by atoms with E-state index in [-0.39, 0.29) is 6.04 Å². The number of nitrogens with zero attached hydrogens (tertiary/aromatic N) is 1. The molecule has 0 bridgehead atoms. The summed E-state index contributed by atoms with van der Waals surface area (Å²) in [5.74, 6) is 1.55. The topological polar surface area (TPSA) is 57.4 Å². The summed E-state index contributed by atoms with van der Waals surface area (Å²) >= 11 is 0. The number of hydrogen-bond donors (Lipinski definition) is 1. The molecule has 0 aliphatic heterocycles. The fourth-order valence-electron chi connectivity index (χ4n) is 1.93. The quantitative estimate of drug-likeness (QED) is 0.878. The Morgan fingerprint density at radius 1 is 1.15 bits per heavy atom. The first kappa shape index (κ1) is 14.3. The number of pyridine rings is 1. The molecular formula is C16H20N2O2. The van der Waals surface area contributed by atoms with E-state index in [0.29, 0.717) is 6.61 Å². The first-order valence-electron chi connectivity index (χ1n) is 6.72. The summed E-state index contributed by atoms with van der Waals surface area (Å²) in [5.41, 5.74) is 8.19. The van der Waals surface area contributed by atoms with Crippen LogP contribution in [0.2, 0.25) is 0 Å². The summed E-state index contributed by atoms with van der Waals surface area (Å²) in [6.45, 7) is 2.75. The number of ether oxygens (including phenoxy) is 2. The summed E-state index contributed by atoms with van der Waals surface area (Å²) in [6, 6.07) is 9.43. The third-order valence-corrected chi connectivity index (χ3v) is 3.02. The molecule has 0 amide bonds. The highest BCUT2D eigenvalue weighted by Crippen LogP contribution is 2.24. The lowest BCUT2D eigenvalue weighted by Crippen LogP contribution is -2.12. The smallest absolute Gasteiger partial charge is 0.137 e. The maximum atomic E-state index is 6.29. The SMILES string of the molecule is CCCOc1cncc(C(N)c2cccc(OC)c2)c1. The van der Waals surface area contributed by atoms with E-state index in [9.17, 15) is 0 Å². The highest BCUT2D eigenvalue weighted by atomic mass is 16.5. The highest BCUT2D eigenvalue weighted by Gasteiger charge is 2.11. The summed E-state index contributed by atoms with van der Waals surface area (Å²) in [7, 11) is 1.64. The van der Waals surface area contributed by atoms with Crippen LogP contribution < -0.4 is 15.2 Å². The van der Waals surface area contributed by atoms with Gasteiger partial charge in [-0.15, -0.1) is 0 Å². The van der Waals surface area contributed by atoms with Crippen molar-refractivity contribution < 1.29 is 9.47 Å². The van der Waals surface area contributed by atoms with E-state index in [1.54, 1.807) is 19.5 Å². The van der Waals surface area contributed by atoms with Gasteiger partial charge in [0, 0.05) is 6.20 Å². The summed E-state index contributed by atoms with van der Waals surface area (Å²) in [5, 5.41) is 0. The van der Waals surface area contributed by atoms with Crippen molar-refractivity contribution in [1.29, 1.82) is 0 Å². The second kappa shape index (κ2) is 6.91. The van der Waals surface area contributed by atoms with E-state index in [4.69, 9.17) is 15.2 Å². The Labute approximate surface area is 119 Å². The number of hydrogen-bond acceptors (Lipinski definition) is 4.